The summed E-state index contributed by atoms with van der Waals surface area (Å²) in [5.74, 6) is 0.0968. The first-order chi connectivity index (χ1) is 9.11. The molecular formula is C13H22N2O3S. The van der Waals surface area contributed by atoms with E-state index in [0.29, 0.717) is 11.6 Å². The average Bonchev–Trinajstić information content (AvgIpc) is 2.73. The summed E-state index contributed by atoms with van der Waals surface area (Å²) in [7, 11) is 1.82. The Morgan fingerprint density at radius 1 is 1.21 bits per heavy atom. The van der Waals surface area contributed by atoms with E-state index < -0.39 is 12.0 Å². The normalized spacial score (nSPS) is 25.1. The second-order valence-corrected chi connectivity index (χ2v) is 6.36. The van der Waals surface area contributed by atoms with Gasteiger partial charge < -0.3 is 14.9 Å². The van der Waals surface area contributed by atoms with Crippen LogP contribution in [-0.2, 0) is 4.79 Å². The van der Waals surface area contributed by atoms with Crippen molar-refractivity contribution < 1.29 is 14.7 Å². The zero-order valence-corrected chi connectivity index (χ0v) is 12.2. The third-order valence-electron chi connectivity index (χ3n) is 4.09. The number of rotatable bonds is 2. The van der Waals surface area contributed by atoms with Crippen molar-refractivity contribution in [1.29, 1.82) is 0 Å². The smallest absolute Gasteiger partial charge is 0.327 e. The second kappa shape index (κ2) is 6.50. The third-order valence-corrected chi connectivity index (χ3v) is 5.10. The number of carboxylic acids is 1. The molecule has 2 aliphatic rings. The molecule has 2 rings (SSSR count). The number of aliphatic carboxylic acids is 1. The van der Waals surface area contributed by atoms with Crippen molar-refractivity contribution in [3.63, 3.8) is 0 Å². The van der Waals surface area contributed by atoms with Crippen LogP contribution in [0.15, 0.2) is 0 Å². The van der Waals surface area contributed by atoms with Gasteiger partial charge in [0, 0.05) is 18.8 Å². The van der Waals surface area contributed by atoms with Crippen molar-refractivity contribution in [2.75, 3.05) is 18.7 Å². The number of carbonyl (C=O) groups excluding carboxylic acids is 1. The van der Waals surface area contributed by atoms with Gasteiger partial charge in [0.2, 0.25) is 0 Å². The Morgan fingerprint density at radius 2 is 1.84 bits per heavy atom. The Hall–Kier alpha value is -0.910. The van der Waals surface area contributed by atoms with Gasteiger partial charge in [0.15, 0.2) is 0 Å². The number of thioether (sulfide) groups is 1. The number of urea groups is 1. The predicted octanol–water partition coefficient (Wildman–Crippen LogP) is 2.22. The van der Waals surface area contributed by atoms with Crippen LogP contribution in [0.3, 0.4) is 0 Å². The summed E-state index contributed by atoms with van der Waals surface area (Å²) in [6.07, 6.45) is 6.91. The van der Waals surface area contributed by atoms with E-state index in [9.17, 15) is 9.59 Å². The molecule has 1 aliphatic carbocycles. The molecule has 1 N–H and O–H groups in total. The lowest BCUT2D eigenvalue weighted by atomic mass is 10.1. The van der Waals surface area contributed by atoms with Crippen molar-refractivity contribution in [3.05, 3.63) is 0 Å². The van der Waals surface area contributed by atoms with Gasteiger partial charge in [-0.1, -0.05) is 25.7 Å². The minimum atomic E-state index is -0.896. The average molecular weight is 286 g/mol. The quantitative estimate of drug-likeness (QED) is 0.791. The van der Waals surface area contributed by atoms with Gasteiger partial charge in [-0.2, -0.15) is 0 Å². The number of hydrogen-bond acceptors (Lipinski definition) is 3. The molecular weight excluding hydrogens is 264 g/mol. The molecule has 0 aromatic rings. The number of nitrogens with zero attached hydrogens (tertiary/aromatic N) is 2. The first-order valence-electron chi connectivity index (χ1n) is 6.95. The molecule has 0 aromatic heterocycles. The summed E-state index contributed by atoms with van der Waals surface area (Å²) in [5, 5.41) is 9.14. The van der Waals surface area contributed by atoms with E-state index in [0.717, 1.165) is 12.8 Å². The van der Waals surface area contributed by atoms with Crippen LogP contribution in [0, 0.1) is 0 Å². The van der Waals surface area contributed by atoms with Crippen LogP contribution in [0.25, 0.3) is 0 Å². The maximum Gasteiger partial charge on any atom is 0.327 e. The summed E-state index contributed by atoms with van der Waals surface area (Å²) in [6.45, 7) is 0. The van der Waals surface area contributed by atoms with Crippen LogP contribution in [0.2, 0.25) is 0 Å². The third kappa shape index (κ3) is 3.35. The van der Waals surface area contributed by atoms with E-state index in [1.54, 1.807) is 4.90 Å². The van der Waals surface area contributed by atoms with Gasteiger partial charge in [0.25, 0.3) is 0 Å². The molecule has 5 nitrogen and oxygen atoms in total. The zero-order chi connectivity index (χ0) is 13.8. The standard InChI is InChI=1S/C13H22N2O3S/c1-14(10-6-4-2-3-5-7-10)13(18)15-9-19-8-11(15)12(16)17/h10-11H,2-9H2,1H3,(H,16,17)/t11-/m0/s1. The fraction of sp³-hybridized carbons (Fsp3) is 0.846. The minimum Gasteiger partial charge on any atom is -0.480 e. The van der Waals surface area contributed by atoms with Gasteiger partial charge >= 0.3 is 12.0 Å². The number of hydrogen-bond donors (Lipinski definition) is 1. The highest BCUT2D eigenvalue weighted by Crippen LogP contribution is 2.26. The van der Waals surface area contributed by atoms with E-state index in [1.807, 2.05) is 7.05 Å². The van der Waals surface area contributed by atoms with Crippen molar-refractivity contribution in [2.24, 2.45) is 0 Å². The molecule has 19 heavy (non-hydrogen) atoms. The Labute approximate surface area is 118 Å². The monoisotopic (exact) mass is 286 g/mol. The largest absolute Gasteiger partial charge is 0.480 e. The number of carboxylic acid groups (broad SMARTS) is 1. The molecule has 1 saturated heterocycles. The fourth-order valence-electron chi connectivity index (χ4n) is 2.84. The highest BCUT2D eigenvalue weighted by Gasteiger charge is 2.37. The molecule has 0 aromatic carbocycles. The topological polar surface area (TPSA) is 60.9 Å². The van der Waals surface area contributed by atoms with Crippen molar-refractivity contribution in [3.8, 4) is 0 Å². The van der Waals surface area contributed by atoms with Crippen LogP contribution < -0.4 is 0 Å². The highest BCUT2D eigenvalue weighted by molar-refractivity contribution is 7.99. The van der Waals surface area contributed by atoms with Gasteiger partial charge in [0.1, 0.15) is 6.04 Å². The van der Waals surface area contributed by atoms with Gasteiger partial charge in [-0.25, -0.2) is 9.59 Å². The van der Waals surface area contributed by atoms with Crippen LogP contribution in [0.4, 0.5) is 4.79 Å². The second-order valence-electron chi connectivity index (χ2n) is 5.36. The van der Waals surface area contributed by atoms with Gasteiger partial charge in [-0.3, -0.25) is 0 Å². The molecule has 1 saturated carbocycles. The molecule has 2 amide bonds. The summed E-state index contributed by atoms with van der Waals surface area (Å²) in [5.41, 5.74) is 0. The Kier molecular flexibility index (Phi) is 4.96. The molecule has 1 aliphatic heterocycles. The lowest BCUT2D eigenvalue weighted by molar-refractivity contribution is -0.141. The first kappa shape index (κ1) is 14.5. The summed E-state index contributed by atoms with van der Waals surface area (Å²) in [6, 6.07) is -0.509. The van der Waals surface area contributed by atoms with Crippen LogP contribution >= 0.6 is 11.8 Å². The minimum absolute atomic E-state index is 0.121. The molecule has 1 heterocycles. The van der Waals surface area contributed by atoms with Gasteiger partial charge in [0.05, 0.1) is 5.88 Å². The molecule has 0 unspecified atom stereocenters. The van der Waals surface area contributed by atoms with Crippen molar-refractivity contribution in [2.45, 2.75) is 50.6 Å². The van der Waals surface area contributed by atoms with E-state index in [-0.39, 0.29) is 12.1 Å². The lowest BCUT2D eigenvalue weighted by Gasteiger charge is -2.32. The summed E-state index contributed by atoms with van der Waals surface area (Å²) >= 11 is 1.51. The number of amides is 2. The maximum absolute atomic E-state index is 12.4. The summed E-state index contributed by atoms with van der Waals surface area (Å²) in [4.78, 5) is 26.9. The lowest BCUT2D eigenvalue weighted by Crippen LogP contribution is -2.50. The SMILES string of the molecule is CN(C(=O)N1CSC[C@H]1C(=O)O)C1CCCCCC1. The van der Waals surface area contributed by atoms with Crippen LogP contribution in [0.5, 0.6) is 0 Å². The van der Waals surface area contributed by atoms with Gasteiger partial charge in [-0.05, 0) is 12.8 Å². The first-order valence-corrected chi connectivity index (χ1v) is 8.10. The molecule has 0 bridgehead atoms. The van der Waals surface area contributed by atoms with Crippen LogP contribution in [-0.4, -0.2) is 57.7 Å². The van der Waals surface area contributed by atoms with E-state index >= 15 is 0 Å². The van der Waals surface area contributed by atoms with E-state index in [4.69, 9.17) is 5.11 Å². The van der Waals surface area contributed by atoms with Crippen molar-refractivity contribution >= 4 is 23.8 Å². The van der Waals surface area contributed by atoms with E-state index in [2.05, 4.69) is 0 Å². The molecule has 0 radical (unpaired) electrons. The molecule has 1 atom stereocenters. The maximum atomic E-state index is 12.4. The Bertz CT molecular complexity index is 343. The highest BCUT2D eigenvalue weighted by atomic mass is 32.2. The van der Waals surface area contributed by atoms with E-state index in [1.165, 1.54) is 42.3 Å². The Morgan fingerprint density at radius 3 is 2.42 bits per heavy atom. The molecule has 2 fully saturated rings. The zero-order valence-electron chi connectivity index (χ0n) is 11.4. The molecule has 108 valence electrons. The van der Waals surface area contributed by atoms with Crippen LogP contribution in [0.1, 0.15) is 38.5 Å². The Balaban J connectivity index is 1.99. The van der Waals surface area contributed by atoms with Gasteiger partial charge in [-0.15, -0.1) is 11.8 Å². The van der Waals surface area contributed by atoms with Crippen molar-refractivity contribution in [1.82, 2.24) is 9.80 Å². The molecule has 6 heteroatoms. The summed E-state index contributed by atoms with van der Waals surface area (Å²) < 4.78 is 0. The number of carbonyl (C=O) groups is 2. The molecule has 0 spiro atoms. The fourth-order valence-corrected chi connectivity index (χ4v) is 3.98. The predicted molar refractivity (Wildman–Crippen MR) is 75.2 cm³/mol.